The van der Waals surface area contributed by atoms with Gasteiger partial charge in [0, 0.05) is 17.4 Å². The van der Waals surface area contributed by atoms with Gasteiger partial charge in [-0.1, -0.05) is 36.4 Å². The fourth-order valence-electron chi connectivity index (χ4n) is 3.24. The van der Waals surface area contributed by atoms with Crippen LogP contribution in [0.15, 0.2) is 91.1 Å². The van der Waals surface area contributed by atoms with Gasteiger partial charge in [-0.15, -0.1) is 0 Å². The summed E-state index contributed by atoms with van der Waals surface area (Å²) in [5, 5.41) is 10.0. The number of halogens is 1. The largest absolute Gasteiger partial charge is 0.344 e. The molecule has 0 aliphatic heterocycles. The molecule has 1 heterocycles. The van der Waals surface area contributed by atoms with Gasteiger partial charge < -0.3 is 10.6 Å². The molecular weight excluding hydrogens is 407 g/mol. The Morgan fingerprint density at radius 3 is 2.47 bits per heavy atom. The highest BCUT2D eigenvalue weighted by molar-refractivity contribution is 6.04. The molecule has 160 valence electrons. The van der Waals surface area contributed by atoms with Gasteiger partial charge >= 0.3 is 0 Å². The van der Waals surface area contributed by atoms with Crippen molar-refractivity contribution >= 4 is 17.5 Å². The fraction of sp³-hybridized carbons (Fsp3) is 0.0800. The van der Waals surface area contributed by atoms with Crippen LogP contribution in [-0.4, -0.2) is 21.6 Å². The first kappa shape index (κ1) is 21.0. The summed E-state index contributed by atoms with van der Waals surface area (Å²) in [6, 6.07) is 23.5. The Bertz CT molecular complexity index is 1250. The van der Waals surface area contributed by atoms with Crippen LogP contribution in [0.5, 0.6) is 0 Å². The summed E-state index contributed by atoms with van der Waals surface area (Å²) in [5.41, 5.74) is 2.77. The van der Waals surface area contributed by atoms with E-state index in [2.05, 4.69) is 15.7 Å². The van der Waals surface area contributed by atoms with E-state index in [0.717, 1.165) is 5.56 Å². The van der Waals surface area contributed by atoms with Gasteiger partial charge in [0.2, 0.25) is 0 Å². The van der Waals surface area contributed by atoms with E-state index in [1.165, 1.54) is 16.8 Å². The van der Waals surface area contributed by atoms with Crippen molar-refractivity contribution < 1.29 is 14.0 Å². The average Bonchev–Trinajstić information content (AvgIpc) is 3.30. The van der Waals surface area contributed by atoms with Crippen LogP contribution < -0.4 is 10.6 Å². The molecule has 1 atom stereocenters. The number of hydrogen-bond donors (Lipinski definition) is 2. The first-order chi connectivity index (χ1) is 15.5. The molecule has 4 aromatic rings. The molecule has 0 aliphatic rings. The maximum atomic E-state index is 13.4. The molecule has 0 saturated carbocycles. The van der Waals surface area contributed by atoms with E-state index in [1.807, 2.05) is 31.2 Å². The second-order valence-corrected chi connectivity index (χ2v) is 7.27. The standard InChI is InChI=1S/C25H21FN4O2/c1-17(19-9-5-11-21(15-19)28-24(31)18-7-3-2-4-8-18)27-25(32)23-13-14-30(29-23)22-12-6-10-20(26)16-22/h2-17H,1H3,(H,27,32)(H,28,31). The summed E-state index contributed by atoms with van der Waals surface area (Å²) in [5.74, 6) is -0.939. The van der Waals surface area contributed by atoms with Gasteiger partial charge in [0.1, 0.15) is 5.82 Å². The Kier molecular flexibility index (Phi) is 6.07. The van der Waals surface area contributed by atoms with Crippen molar-refractivity contribution in [2.75, 3.05) is 5.32 Å². The van der Waals surface area contributed by atoms with Crippen LogP contribution in [0.25, 0.3) is 5.69 Å². The Labute approximate surface area is 184 Å². The summed E-state index contributed by atoms with van der Waals surface area (Å²) in [6.45, 7) is 1.85. The van der Waals surface area contributed by atoms with Gasteiger partial charge in [-0.2, -0.15) is 5.10 Å². The third-order valence-corrected chi connectivity index (χ3v) is 4.92. The van der Waals surface area contributed by atoms with Crippen LogP contribution in [0, 0.1) is 5.82 Å². The number of aromatic nitrogens is 2. The third-order valence-electron chi connectivity index (χ3n) is 4.92. The Morgan fingerprint density at radius 1 is 0.906 bits per heavy atom. The number of rotatable bonds is 6. The van der Waals surface area contributed by atoms with E-state index in [0.29, 0.717) is 16.9 Å². The first-order valence-corrected chi connectivity index (χ1v) is 10.1. The average molecular weight is 428 g/mol. The van der Waals surface area contributed by atoms with E-state index in [-0.39, 0.29) is 29.4 Å². The lowest BCUT2D eigenvalue weighted by Crippen LogP contribution is -2.27. The molecule has 0 radical (unpaired) electrons. The summed E-state index contributed by atoms with van der Waals surface area (Å²) in [7, 11) is 0. The lowest BCUT2D eigenvalue weighted by molar-refractivity contribution is 0.0933. The minimum absolute atomic E-state index is 0.206. The van der Waals surface area contributed by atoms with Crippen molar-refractivity contribution in [2.45, 2.75) is 13.0 Å². The summed E-state index contributed by atoms with van der Waals surface area (Å²) in [4.78, 5) is 25.0. The van der Waals surface area contributed by atoms with Crippen LogP contribution in [0.4, 0.5) is 10.1 Å². The van der Waals surface area contributed by atoms with Crippen LogP contribution in [0.2, 0.25) is 0 Å². The summed E-state index contributed by atoms with van der Waals surface area (Å²) >= 11 is 0. The molecule has 0 aliphatic carbocycles. The van der Waals surface area contributed by atoms with E-state index < -0.39 is 0 Å². The molecule has 0 saturated heterocycles. The van der Waals surface area contributed by atoms with Gasteiger partial charge in [-0.05, 0) is 61.0 Å². The second kappa shape index (κ2) is 9.26. The quantitative estimate of drug-likeness (QED) is 0.465. The van der Waals surface area contributed by atoms with Crippen molar-refractivity contribution in [3.05, 3.63) is 114 Å². The minimum Gasteiger partial charge on any atom is -0.344 e. The van der Waals surface area contributed by atoms with Crippen LogP contribution >= 0.6 is 0 Å². The number of nitrogens with one attached hydrogen (secondary N) is 2. The molecule has 1 aromatic heterocycles. The van der Waals surface area contributed by atoms with Crippen LogP contribution in [0.1, 0.15) is 39.4 Å². The number of amides is 2. The Hall–Kier alpha value is -4.26. The lowest BCUT2D eigenvalue weighted by atomic mass is 10.1. The zero-order valence-electron chi connectivity index (χ0n) is 17.3. The van der Waals surface area contributed by atoms with E-state index in [1.54, 1.807) is 54.7 Å². The van der Waals surface area contributed by atoms with E-state index in [4.69, 9.17) is 0 Å². The highest BCUT2D eigenvalue weighted by atomic mass is 19.1. The maximum Gasteiger partial charge on any atom is 0.272 e. The number of nitrogens with zero attached hydrogens (tertiary/aromatic N) is 2. The number of benzene rings is 3. The minimum atomic E-state index is -0.378. The van der Waals surface area contributed by atoms with Crippen molar-refractivity contribution in [1.82, 2.24) is 15.1 Å². The number of carbonyl (C=O) groups excluding carboxylic acids is 2. The topological polar surface area (TPSA) is 76.0 Å². The molecule has 0 fully saturated rings. The summed E-state index contributed by atoms with van der Waals surface area (Å²) < 4.78 is 14.9. The molecule has 1 unspecified atom stereocenters. The molecule has 7 heteroatoms. The van der Waals surface area contributed by atoms with Crippen LogP contribution in [0.3, 0.4) is 0 Å². The smallest absolute Gasteiger partial charge is 0.272 e. The molecule has 32 heavy (non-hydrogen) atoms. The van der Waals surface area contributed by atoms with Crippen molar-refractivity contribution in [3.8, 4) is 5.69 Å². The Balaban J connectivity index is 1.43. The van der Waals surface area contributed by atoms with Gasteiger partial charge in [0.05, 0.1) is 11.7 Å². The number of carbonyl (C=O) groups is 2. The van der Waals surface area contributed by atoms with Crippen LogP contribution in [-0.2, 0) is 0 Å². The molecule has 3 aromatic carbocycles. The maximum absolute atomic E-state index is 13.4. The SMILES string of the molecule is CC(NC(=O)c1ccn(-c2cccc(F)c2)n1)c1cccc(NC(=O)c2ccccc2)c1. The summed E-state index contributed by atoms with van der Waals surface area (Å²) in [6.07, 6.45) is 1.61. The van der Waals surface area contributed by atoms with Gasteiger partial charge in [-0.3, -0.25) is 9.59 Å². The molecule has 0 bridgehead atoms. The fourth-order valence-corrected chi connectivity index (χ4v) is 3.24. The molecule has 6 nitrogen and oxygen atoms in total. The molecule has 2 N–H and O–H groups in total. The predicted molar refractivity (Wildman–Crippen MR) is 120 cm³/mol. The zero-order chi connectivity index (χ0) is 22.5. The molecule has 0 spiro atoms. The first-order valence-electron chi connectivity index (χ1n) is 10.1. The lowest BCUT2D eigenvalue weighted by Gasteiger charge is -2.15. The highest BCUT2D eigenvalue weighted by Crippen LogP contribution is 2.19. The number of hydrogen-bond acceptors (Lipinski definition) is 3. The van der Waals surface area contributed by atoms with Gasteiger partial charge in [0.25, 0.3) is 11.8 Å². The van der Waals surface area contributed by atoms with Crippen molar-refractivity contribution in [1.29, 1.82) is 0 Å². The van der Waals surface area contributed by atoms with E-state index in [9.17, 15) is 14.0 Å². The monoisotopic (exact) mass is 428 g/mol. The highest BCUT2D eigenvalue weighted by Gasteiger charge is 2.15. The van der Waals surface area contributed by atoms with Crippen molar-refractivity contribution in [3.63, 3.8) is 0 Å². The van der Waals surface area contributed by atoms with Crippen molar-refractivity contribution in [2.24, 2.45) is 0 Å². The van der Waals surface area contributed by atoms with E-state index >= 15 is 0 Å². The molecular formula is C25H21FN4O2. The van der Waals surface area contributed by atoms with Gasteiger partial charge in [-0.25, -0.2) is 9.07 Å². The second-order valence-electron chi connectivity index (χ2n) is 7.27. The number of anilines is 1. The normalized spacial score (nSPS) is 11.6. The Morgan fingerprint density at radius 2 is 1.69 bits per heavy atom. The zero-order valence-corrected chi connectivity index (χ0v) is 17.3. The van der Waals surface area contributed by atoms with Gasteiger partial charge in [0.15, 0.2) is 5.69 Å². The third kappa shape index (κ3) is 4.89. The molecule has 4 rings (SSSR count). The predicted octanol–water partition coefficient (Wildman–Crippen LogP) is 4.75. The molecule has 2 amide bonds.